The molecule has 0 amide bonds. The molecule has 84 valence electrons. The maximum Gasteiger partial charge on any atom is 0.155 e. The Hall–Kier alpha value is -1.38. The summed E-state index contributed by atoms with van der Waals surface area (Å²) in [6.45, 7) is 11.9. The summed E-state index contributed by atoms with van der Waals surface area (Å²) in [6, 6.07) is 4.03. The molecule has 0 aliphatic heterocycles. The first-order valence-corrected chi connectivity index (χ1v) is 5.55. The van der Waals surface area contributed by atoms with Gasteiger partial charge in [0.25, 0.3) is 0 Å². The molecule has 3 nitrogen and oxygen atoms in total. The van der Waals surface area contributed by atoms with E-state index in [0.29, 0.717) is 0 Å². The topological polar surface area (TPSA) is 30.2 Å². The Bertz CT molecular complexity index is 391. The summed E-state index contributed by atoms with van der Waals surface area (Å²) >= 11 is 0. The first kappa shape index (κ1) is 13.6. The van der Waals surface area contributed by atoms with Crippen LogP contribution in [0.5, 0.6) is 0 Å². The molecule has 3 heteroatoms. The Labute approximate surface area is 92.2 Å². The van der Waals surface area contributed by atoms with Crippen LogP contribution in [0.4, 0.5) is 0 Å². The van der Waals surface area contributed by atoms with Crippen LogP contribution in [0.25, 0.3) is 5.65 Å². The zero-order valence-electron chi connectivity index (χ0n) is 10.6. The molecule has 15 heavy (non-hydrogen) atoms. The van der Waals surface area contributed by atoms with E-state index in [1.165, 1.54) is 5.56 Å². The third-order valence-corrected chi connectivity index (χ3v) is 1.60. The maximum absolute atomic E-state index is 4.23. The first-order chi connectivity index (χ1) is 7.25. The van der Waals surface area contributed by atoms with Crippen LogP contribution in [0, 0.1) is 13.8 Å². The number of hydrogen-bond acceptors (Lipinski definition) is 2. The minimum atomic E-state index is 0.815. The van der Waals surface area contributed by atoms with Crippen molar-refractivity contribution in [3.63, 3.8) is 0 Å². The van der Waals surface area contributed by atoms with Crippen LogP contribution in [0.3, 0.4) is 0 Å². The number of aryl methyl sites for hydroxylation is 2. The molecule has 0 aromatic carbocycles. The number of aromatic nitrogens is 3. The largest absolute Gasteiger partial charge is 0.221 e. The second kappa shape index (κ2) is 6.98. The van der Waals surface area contributed by atoms with Gasteiger partial charge in [-0.2, -0.15) is 5.10 Å². The minimum absolute atomic E-state index is 0.815. The molecule has 0 radical (unpaired) electrons. The third kappa shape index (κ3) is 3.70. The van der Waals surface area contributed by atoms with Crippen LogP contribution in [0.2, 0.25) is 0 Å². The van der Waals surface area contributed by atoms with Crippen LogP contribution < -0.4 is 0 Å². The smallest absolute Gasteiger partial charge is 0.155 e. The van der Waals surface area contributed by atoms with Crippen molar-refractivity contribution in [1.29, 1.82) is 0 Å². The van der Waals surface area contributed by atoms with Gasteiger partial charge in [-0.25, -0.2) is 9.50 Å². The zero-order valence-corrected chi connectivity index (χ0v) is 10.6. The molecule has 2 heterocycles. The van der Waals surface area contributed by atoms with E-state index in [4.69, 9.17) is 0 Å². The SMILES string of the molecule is CC.CC.Cc1ccn2nc(C)nc2c1. The number of hydrogen-bond donors (Lipinski definition) is 0. The van der Waals surface area contributed by atoms with E-state index >= 15 is 0 Å². The van der Waals surface area contributed by atoms with Crippen molar-refractivity contribution in [3.05, 3.63) is 29.7 Å². The standard InChI is InChI=1S/C8H9N3.2C2H6/c1-6-3-4-11-8(5-6)9-7(2)10-11;2*1-2/h3-5H,1-2H3;2*1-2H3. The van der Waals surface area contributed by atoms with Gasteiger partial charge in [-0.15, -0.1) is 0 Å². The van der Waals surface area contributed by atoms with E-state index in [1.807, 2.05) is 59.9 Å². The van der Waals surface area contributed by atoms with Gasteiger partial charge in [0.05, 0.1) is 0 Å². The number of nitrogens with zero attached hydrogens (tertiary/aromatic N) is 3. The fraction of sp³-hybridized carbons (Fsp3) is 0.500. The number of fused-ring (bicyclic) bond motifs is 1. The van der Waals surface area contributed by atoms with Crippen molar-refractivity contribution in [1.82, 2.24) is 14.6 Å². The average molecular weight is 207 g/mol. The van der Waals surface area contributed by atoms with Crippen molar-refractivity contribution >= 4 is 5.65 Å². The lowest BCUT2D eigenvalue weighted by atomic mass is 10.3. The number of rotatable bonds is 0. The van der Waals surface area contributed by atoms with E-state index in [-0.39, 0.29) is 0 Å². The van der Waals surface area contributed by atoms with Gasteiger partial charge in [0.1, 0.15) is 5.82 Å². The fourth-order valence-electron chi connectivity index (χ4n) is 1.09. The zero-order chi connectivity index (χ0) is 11.8. The Morgan fingerprint density at radius 3 is 2.27 bits per heavy atom. The van der Waals surface area contributed by atoms with Crippen molar-refractivity contribution in [2.24, 2.45) is 0 Å². The summed E-state index contributed by atoms with van der Waals surface area (Å²) in [5, 5.41) is 4.16. The van der Waals surface area contributed by atoms with Crippen molar-refractivity contribution in [2.45, 2.75) is 41.5 Å². The van der Waals surface area contributed by atoms with Crippen LogP contribution in [0.15, 0.2) is 18.3 Å². The molecule has 0 saturated carbocycles. The Balaban J connectivity index is 0.000000442. The minimum Gasteiger partial charge on any atom is -0.221 e. The fourth-order valence-corrected chi connectivity index (χ4v) is 1.09. The lowest BCUT2D eigenvalue weighted by Gasteiger charge is -1.90. The Morgan fingerprint density at radius 2 is 1.67 bits per heavy atom. The molecular weight excluding hydrogens is 186 g/mol. The van der Waals surface area contributed by atoms with Crippen molar-refractivity contribution < 1.29 is 0 Å². The molecule has 0 N–H and O–H groups in total. The Morgan fingerprint density at radius 1 is 1.07 bits per heavy atom. The van der Waals surface area contributed by atoms with E-state index in [9.17, 15) is 0 Å². The summed E-state index contributed by atoms with van der Waals surface area (Å²) in [5.41, 5.74) is 2.13. The summed E-state index contributed by atoms with van der Waals surface area (Å²) < 4.78 is 1.78. The van der Waals surface area contributed by atoms with Gasteiger partial charge in [-0.05, 0) is 31.5 Å². The monoisotopic (exact) mass is 207 g/mol. The molecule has 2 rings (SSSR count). The van der Waals surface area contributed by atoms with E-state index in [1.54, 1.807) is 4.52 Å². The van der Waals surface area contributed by atoms with Gasteiger partial charge < -0.3 is 0 Å². The lowest BCUT2D eigenvalue weighted by molar-refractivity contribution is 0.928. The molecule has 0 bridgehead atoms. The van der Waals surface area contributed by atoms with Gasteiger partial charge in [-0.3, -0.25) is 0 Å². The summed E-state index contributed by atoms with van der Waals surface area (Å²) in [5.74, 6) is 0.815. The lowest BCUT2D eigenvalue weighted by Crippen LogP contribution is -1.86. The third-order valence-electron chi connectivity index (χ3n) is 1.60. The van der Waals surface area contributed by atoms with Gasteiger partial charge in [0.15, 0.2) is 5.65 Å². The van der Waals surface area contributed by atoms with E-state index in [0.717, 1.165) is 11.5 Å². The molecule has 0 unspecified atom stereocenters. The van der Waals surface area contributed by atoms with Crippen LogP contribution >= 0.6 is 0 Å². The summed E-state index contributed by atoms with van der Waals surface area (Å²) in [4.78, 5) is 4.23. The molecule has 0 atom stereocenters. The predicted octanol–water partition coefficient (Wildman–Crippen LogP) is 3.40. The molecule has 0 aliphatic rings. The predicted molar refractivity (Wildman–Crippen MR) is 65.2 cm³/mol. The molecule has 2 aromatic heterocycles. The second-order valence-corrected chi connectivity index (χ2v) is 2.67. The second-order valence-electron chi connectivity index (χ2n) is 2.67. The first-order valence-electron chi connectivity index (χ1n) is 5.55. The van der Waals surface area contributed by atoms with Gasteiger partial charge >= 0.3 is 0 Å². The van der Waals surface area contributed by atoms with Crippen molar-refractivity contribution in [2.75, 3.05) is 0 Å². The average Bonchev–Trinajstić information content (AvgIpc) is 2.63. The van der Waals surface area contributed by atoms with Gasteiger partial charge in [-0.1, -0.05) is 27.7 Å². The van der Waals surface area contributed by atoms with E-state index < -0.39 is 0 Å². The molecular formula is C12H21N3. The van der Waals surface area contributed by atoms with Gasteiger partial charge in [0, 0.05) is 6.20 Å². The van der Waals surface area contributed by atoms with Crippen LogP contribution in [-0.2, 0) is 0 Å². The highest BCUT2D eigenvalue weighted by Gasteiger charge is 1.96. The molecule has 0 spiro atoms. The maximum atomic E-state index is 4.23. The normalized spacial score (nSPS) is 8.67. The quantitative estimate of drug-likeness (QED) is 0.662. The molecule has 0 fully saturated rings. The van der Waals surface area contributed by atoms with E-state index in [2.05, 4.69) is 10.1 Å². The Kier molecular flexibility index (Phi) is 6.34. The summed E-state index contributed by atoms with van der Waals surface area (Å²) in [7, 11) is 0. The highest BCUT2D eigenvalue weighted by molar-refractivity contribution is 5.39. The van der Waals surface area contributed by atoms with Crippen LogP contribution in [-0.4, -0.2) is 14.6 Å². The molecule has 2 aromatic rings. The molecule has 0 aliphatic carbocycles. The van der Waals surface area contributed by atoms with Crippen molar-refractivity contribution in [3.8, 4) is 0 Å². The molecule has 0 saturated heterocycles. The number of pyridine rings is 1. The summed E-state index contributed by atoms with van der Waals surface area (Å²) in [6.07, 6.45) is 1.92. The highest BCUT2D eigenvalue weighted by atomic mass is 15.3. The highest BCUT2D eigenvalue weighted by Crippen LogP contribution is 2.03. The van der Waals surface area contributed by atoms with Gasteiger partial charge in [0.2, 0.25) is 0 Å². The van der Waals surface area contributed by atoms with Crippen LogP contribution in [0.1, 0.15) is 39.1 Å².